The van der Waals surface area contributed by atoms with Crippen molar-refractivity contribution in [1.82, 2.24) is 5.32 Å². The van der Waals surface area contributed by atoms with E-state index in [1.165, 1.54) is 6.92 Å². The number of hydrogen-bond acceptors (Lipinski definition) is 5. The molecule has 1 aliphatic heterocycles. The van der Waals surface area contributed by atoms with E-state index in [0.717, 1.165) is 10.6 Å². The standard InChI is InChI=1S/C17H22N2O4S/c1-4-18-16(21)11(2)23-17(22)12-8-15(20)19(10-12)13-6-5-7-14(9-13)24-3/h5-7,9,11-12H,4,8,10H2,1-3H3,(H,18,21)/t11-,12+/m1/s1. The van der Waals surface area contributed by atoms with Crippen molar-refractivity contribution in [2.24, 2.45) is 5.92 Å². The number of nitrogens with zero attached hydrogens (tertiary/aromatic N) is 1. The molecule has 1 saturated heterocycles. The van der Waals surface area contributed by atoms with Crippen LogP contribution in [0.3, 0.4) is 0 Å². The number of esters is 1. The van der Waals surface area contributed by atoms with E-state index < -0.39 is 18.0 Å². The normalized spacial score (nSPS) is 18.4. The van der Waals surface area contributed by atoms with E-state index in [1.54, 1.807) is 23.6 Å². The lowest BCUT2D eigenvalue weighted by molar-refractivity contribution is -0.158. The van der Waals surface area contributed by atoms with Crippen LogP contribution in [0.4, 0.5) is 5.69 Å². The Morgan fingerprint density at radius 2 is 2.21 bits per heavy atom. The fourth-order valence-electron chi connectivity index (χ4n) is 2.54. The number of benzene rings is 1. The van der Waals surface area contributed by atoms with Crippen LogP contribution in [0.2, 0.25) is 0 Å². The molecule has 2 atom stereocenters. The van der Waals surface area contributed by atoms with Crippen molar-refractivity contribution < 1.29 is 19.1 Å². The second-order valence-electron chi connectivity index (χ2n) is 5.58. The van der Waals surface area contributed by atoms with Crippen molar-refractivity contribution in [3.63, 3.8) is 0 Å². The lowest BCUT2D eigenvalue weighted by Crippen LogP contribution is -2.37. The smallest absolute Gasteiger partial charge is 0.312 e. The van der Waals surface area contributed by atoms with Gasteiger partial charge in [-0.1, -0.05) is 6.07 Å². The molecule has 7 heteroatoms. The molecule has 2 amide bonds. The summed E-state index contributed by atoms with van der Waals surface area (Å²) < 4.78 is 5.19. The molecule has 130 valence electrons. The van der Waals surface area contributed by atoms with Crippen LogP contribution in [-0.4, -0.2) is 43.2 Å². The van der Waals surface area contributed by atoms with E-state index in [1.807, 2.05) is 30.5 Å². The summed E-state index contributed by atoms with van der Waals surface area (Å²) in [6, 6.07) is 7.63. The van der Waals surface area contributed by atoms with Crippen molar-refractivity contribution in [3.8, 4) is 0 Å². The Bertz CT molecular complexity index is 635. The van der Waals surface area contributed by atoms with Gasteiger partial charge in [0.05, 0.1) is 5.92 Å². The highest BCUT2D eigenvalue weighted by molar-refractivity contribution is 7.98. The van der Waals surface area contributed by atoms with E-state index in [-0.39, 0.29) is 24.8 Å². The fourth-order valence-corrected chi connectivity index (χ4v) is 2.99. The van der Waals surface area contributed by atoms with Gasteiger partial charge < -0.3 is 15.0 Å². The Morgan fingerprint density at radius 3 is 2.88 bits per heavy atom. The average molecular weight is 350 g/mol. The molecule has 24 heavy (non-hydrogen) atoms. The maximum absolute atomic E-state index is 12.2. The molecule has 0 aliphatic carbocycles. The van der Waals surface area contributed by atoms with Gasteiger partial charge in [0.2, 0.25) is 5.91 Å². The number of carbonyl (C=O) groups is 3. The first-order valence-corrected chi connectivity index (χ1v) is 9.11. The van der Waals surface area contributed by atoms with E-state index in [4.69, 9.17) is 4.74 Å². The molecule has 0 saturated carbocycles. The molecule has 0 radical (unpaired) electrons. The third-order valence-electron chi connectivity index (χ3n) is 3.84. The summed E-state index contributed by atoms with van der Waals surface area (Å²) in [5.74, 6) is -1.50. The Labute approximate surface area is 145 Å². The molecule has 1 aliphatic rings. The van der Waals surface area contributed by atoms with E-state index in [2.05, 4.69) is 5.32 Å². The Kier molecular flexibility index (Phi) is 6.25. The average Bonchev–Trinajstić information content (AvgIpc) is 2.97. The van der Waals surface area contributed by atoms with Gasteiger partial charge in [-0.15, -0.1) is 11.8 Å². The van der Waals surface area contributed by atoms with Gasteiger partial charge in [0.15, 0.2) is 6.10 Å². The molecule has 1 heterocycles. The number of amides is 2. The van der Waals surface area contributed by atoms with Gasteiger partial charge in [-0.3, -0.25) is 14.4 Å². The van der Waals surface area contributed by atoms with Crippen LogP contribution in [0.25, 0.3) is 0 Å². The minimum atomic E-state index is -0.860. The highest BCUT2D eigenvalue weighted by Crippen LogP contribution is 2.28. The van der Waals surface area contributed by atoms with Gasteiger partial charge in [-0.05, 0) is 38.3 Å². The lowest BCUT2D eigenvalue weighted by atomic mass is 10.1. The summed E-state index contributed by atoms with van der Waals surface area (Å²) in [5.41, 5.74) is 0.777. The second kappa shape index (κ2) is 8.19. The van der Waals surface area contributed by atoms with Crippen molar-refractivity contribution in [3.05, 3.63) is 24.3 Å². The zero-order chi connectivity index (χ0) is 17.7. The predicted molar refractivity (Wildman–Crippen MR) is 92.9 cm³/mol. The van der Waals surface area contributed by atoms with Crippen LogP contribution < -0.4 is 10.2 Å². The van der Waals surface area contributed by atoms with Crippen molar-refractivity contribution >= 4 is 35.2 Å². The molecule has 0 aromatic heterocycles. The number of hydrogen-bond donors (Lipinski definition) is 1. The monoisotopic (exact) mass is 350 g/mol. The fraction of sp³-hybridized carbons (Fsp3) is 0.471. The summed E-state index contributed by atoms with van der Waals surface area (Å²) >= 11 is 1.59. The molecule has 1 fully saturated rings. The Morgan fingerprint density at radius 1 is 1.46 bits per heavy atom. The molecular weight excluding hydrogens is 328 g/mol. The van der Waals surface area contributed by atoms with Gasteiger partial charge in [0.25, 0.3) is 5.91 Å². The number of carbonyl (C=O) groups excluding carboxylic acids is 3. The van der Waals surface area contributed by atoms with Gasteiger partial charge in [0, 0.05) is 30.1 Å². The zero-order valence-electron chi connectivity index (χ0n) is 14.1. The van der Waals surface area contributed by atoms with Gasteiger partial charge in [-0.2, -0.15) is 0 Å². The topological polar surface area (TPSA) is 75.7 Å². The Balaban J connectivity index is 2.00. The minimum Gasteiger partial charge on any atom is -0.452 e. The van der Waals surface area contributed by atoms with E-state index in [0.29, 0.717) is 6.54 Å². The summed E-state index contributed by atoms with van der Waals surface area (Å²) in [5, 5.41) is 2.60. The largest absolute Gasteiger partial charge is 0.452 e. The maximum Gasteiger partial charge on any atom is 0.312 e. The van der Waals surface area contributed by atoms with E-state index >= 15 is 0 Å². The molecule has 1 aromatic rings. The number of nitrogens with one attached hydrogen (secondary N) is 1. The molecule has 0 spiro atoms. The van der Waals surface area contributed by atoms with Gasteiger partial charge in [0.1, 0.15) is 0 Å². The molecule has 0 bridgehead atoms. The molecular formula is C17H22N2O4S. The molecule has 1 N–H and O–H groups in total. The number of likely N-dealkylation sites (N-methyl/N-ethyl adjacent to an activating group) is 1. The number of anilines is 1. The predicted octanol–water partition coefficient (Wildman–Crippen LogP) is 1.83. The van der Waals surface area contributed by atoms with Gasteiger partial charge >= 0.3 is 5.97 Å². The number of rotatable bonds is 6. The SMILES string of the molecule is CCNC(=O)[C@@H](C)OC(=O)[C@H]1CC(=O)N(c2cccc(SC)c2)C1. The van der Waals surface area contributed by atoms with Gasteiger partial charge in [-0.25, -0.2) is 0 Å². The molecule has 1 aromatic carbocycles. The first kappa shape index (κ1) is 18.3. The summed E-state index contributed by atoms with van der Waals surface area (Å²) in [6.07, 6.45) is 1.21. The lowest BCUT2D eigenvalue weighted by Gasteiger charge is -2.18. The van der Waals surface area contributed by atoms with Crippen molar-refractivity contribution in [1.29, 1.82) is 0 Å². The highest BCUT2D eigenvalue weighted by atomic mass is 32.2. The summed E-state index contributed by atoms with van der Waals surface area (Å²) in [6.45, 7) is 4.07. The third kappa shape index (κ3) is 4.29. The maximum atomic E-state index is 12.2. The first-order chi connectivity index (χ1) is 11.5. The van der Waals surface area contributed by atoms with Crippen LogP contribution in [0.15, 0.2) is 29.2 Å². The summed E-state index contributed by atoms with van der Waals surface area (Å²) in [4.78, 5) is 38.8. The molecule has 2 rings (SSSR count). The van der Waals surface area contributed by atoms with Crippen molar-refractivity contribution in [2.75, 3.05) is 24.2 Å². The van der Waals surface area contributed by atoms with Crippen LogP contribution in [-0.2, 0) is 19.1 Å². The van der Waals surface area contributed by atoms with Crippen molar-refractivity contribution in [2.45, 2.75) is 31.3 Å². The zero-order valence-corrected chi connectivity index (χ0v) is 14.9. The second-order valence-corrected chi connectivity index (χ2v) is 6.46. The number of ether oxygens (including phenoxy) is 1. The first-order valence-electron chi connectivity index (χ1n) is 7.88. The summed E-state index contributed by atoms with van der Waals surface area (Å²) in [7, 11) is 0. The quantitative estimate of drug-likeness (QED) is 0.626. The Hall–Kier alpha value is -2.02. The number of thioether (sulfide) groups is 1. The van der Waals surface area contributed by atoms with Crippen LogP contribution in [0.1, 0.15) is 20.3 Å². The third-order valence-corrected chi connectivity index (χ3v) is 4.56. The van der Waals surface area contributed by atoms with Crippen LogP contribution in [0, 0.1) is 5.92 Å². The highest BCUT2D eigenvalue weighted by Gasteiger charge is 2.37. The molecule has 6 nitrogen and oxygen atoms in total. The van der Waals surface area contributed by atoms with Crippen LogP contribution >= 0.6 is 11.8 Å². The molecule has 0 unspecified atom stereocenters. The van der Waals surface area contributed by atoms with Crippen LogP contribution in [0.5, 0.6) is 0 Å². The minimum absolute atomic E-state index is 0.102. The van der Waals surface area contributed by atoms with E-state index in [9.17, 15) is 14.4 Å².